The number of carboxylic acid groups (broad SMARTS) is 1. The highest BCUT2D eigenvalue weighted by molar-refractivity contribution is 5.70. The minimum atomic E-state index is -0.833. The fraction of sp³-hybridized carbons (Fsp3) is 0.800. The van der Waals surface area contributed by atoms with Gasteiger partial charge in [-0.2, -0.15) is 0 Å². The van der Waals surface area contributed by atoms with Crippen LogP contribution >= 0.6 is 0 Å². The van der Waals surface area contributed by atoms with E-state index in [2.05, 4.69) is 0 Å². The molecule has 2 unspecified atom stereocenters. The standard InChI is InChI=1S/C5H11NO2/c1-3(4(2)6)5(7)8/h3-4H,6H2,1-2H3,(H,7,8). The van der Waals surface area contributed by atoms with Crippen LogP contribution in [0.15, 0.2) is 0 Å². The van der Waals surface area contributed by atoms with Gasteiger partial charge in [-0.3, -0.25) is 4.79 Å². The van der Waals surface area contributed by atoms with E-state index in [0.717, 1.165) is 0 Å². The molecule has 0 bridgehead atoms. The number of nitrogens with two attached hydrogens (primary N) is 1. The van der Waals surface area contributed by atoms with E-state index in [0.29, 0.717) is 0 Å². The number of carbonyl (C=O) groups is 1. The third-order valence-electron chi connectivity index (χ3n) is 1.18. The molecule has 0 aliphatic carbocycles. The van der Waals surface area contributed by atoms with Crippen LogP contribution < -0.4 is 5.73 Å². The maximum atomic E-state index is 10.1. The average molecular weight is 117 g/mol. The van der Waals surface area contributed by atoms with Crippen molar-refractivity contribution in [3.63, 3.8) is 0 Å². The second-order valence-electron chi connectivity index (χ2n) is 1.99. The minimum absolute atomic E-state index is 0.257. The number of carboxylic acids is 1. The lowest BCUT2D eigenvalue weighted by Crippen LogP contribution is -2.30. The molecular formula is C5H11NO2. The van der Waals surface area contributed by atoms with Crippen LogP contribution in [0.3, 0.4) is 0 Å². The Morgan fingerprint density at radius 2 is 2.00 bits per heavy atom. The van der Waals surface area contributed by atoms with Gasteiger partial charge in [0.25, 0.3) is 0 Å². The summed E-state index contributed by atoms with van der Waals surface area (Å²) in [6.07, 6.45) is 0. The van der Waals surface area contributed by atoms with E-state index >= 15 is 0 Å². The Morgan fingerprint density at radius 3 is 2.00 bits per heavy atom. The summed E-state index contributed by atoms with van der Waals surface area (Å²) in [6.45, 7) is 3.27. The van der Waals surface area contributed by atoms with Crippen LogP contribution in [0.4, 0.5) is 0 Å². The predicted molar refractivity (Wildman–Crippen MR) is 30.4 cm³/mol. The molecule has 2 atom stereocenters. The Kier molecular flexibility index (Phi) is 2.48. The third kappa shape index (κ3) is 1.93. The van der Waals surface area contributed by atoms with Crippen molar-refractivity contribution in [3.8, 4) is 0 Å². The fourth-order valence-corrected chi connectivity index (χ4v) is 0.225. The average Bonchev–Trinajstić information content (AvgIpc) is 1.64. The van der Waals surface area contributed by atoms with Gasteiger partial charge in [-0.05, 0) is 6.92 Å². The molecule has 0 spiro atoms. The molecule has 0 aliphatic heterocycles. The van der Waals surface area contributed by atoms with Gasteiger partial charge in [-0.25, -0.2) is 0 Å². The summed E-state index contributed by atoms with van der Waals surface area (Å²) >= 11 is 0. The normalized spacial score (nSPS) is 17.4. The molecule has 0 aliphatic rings. The summed E-state index contributed by atoms with van der Waals surface area (Å²) in [4.78, 5) is 10.1. The van der Waals surface area contributed by atoms with E-state index in [1.165, 1.54) is 0 Å². The minimum Gasteiger partial charge on any atom is -0.481 e. The maximum absolute atomic E-state index is 10.1. The van der Waals surface area contributed by atoms with Crippen molar-refractivity contribution in [2.75, 3.05) is 0 Å². The van der Waals surface area contributed by atoms with Crippen LogP contribution in [0.2, 0.25) is 0 Å². The van der Waals surface area contributed by atoms with Crippen LogP contribution in [-0.4, -0.2) is 17.1 Å². The zero-order valence-corrected chi connectivity index (χ0v) is 5.09. The second kappa shape index (κ2) is 2.67. The number of hydrogen-bond donors (Lipinski definition) is 2. The van der Waals surface area contributed by atoms with Gasteiger partial charge < -0.3 is 10.8 Å². The molecule has 0 saturated carbocycles. The zero-order valence-electron chi connectivity index (χ0n) is 5.09. The van der Waals surface area contributed by atoms with E-state index in [1.54, 1.807) is 13.8 Å². The number of aliphatic carboxylic acids is 1. The van der Waals surface area contributed by atoms with E-state index in [4.69, 9.17) is 10.8 Å². The Morgan fingerprint density at radius 1 is 1.62 bits per heavy atom. The summed E-state index contributed by atoms with van der Waals surface area (Å²) in [5, 5.41) is 8.27. The highest BCUT2D eigenvalue weighted by Crippen LogP contribution is 1.97. The lowest BCUT2D eigenvalue weighted by atomic mass is 10.1. The number of rotatable bonds is 2. The largest absolute Gasteiger partial charge is 0.481 e. The van der Waals surface area contributed by atoms with Crippen molar-refractivity contribution < 1.29 is 9.90 Å². The van der Waals surface area contributed by atoms with Gasteiger partial charge in [0.15, 0.2) is 0 Å². The van der Waals surface area contributed by atoms with Crippen molar-refractivity contribution >= 4 is 5.97 Å². The van der Waals surface area contributed by atoms with Crippen LogP contribution in [0.5, 0.6) is 0 Å². The summed E-state index contributed by atoms with van der Waals surface area (Å²) in [5.74, 6) is -1.27. The summed E-state index contributed by atoms with van der Waals surface area (Å²) in [6, 6.07) is -0.257. The first-order valence-corrected chi connectivity index (χ1v) is 2.54. The molecule has 0 aromatic heterocycles. The second-order valence-corrected chi connectivity index (χ2v) is 1.99. The maximum Gasteiger partial charge on any atom is 0.307 e. The predicted octanol–water partition coefficient (Wildman–Crippen LogP) is 0.0543. The third-order valence-corrected chi connectivity index (χ3v) is 1.18. The first-order valence-electron chi connectivity index (χ1n) is 2.54. The van der Waals surface area contributed by atoms with Crippen LogP contribution in [0.1, 0.15) is 13.8 Å². The molecule has 3 N–H and O–H groups in total. The summed E-state index contributed by atoms with van der Waals surface area (Å²) < 4.78 is 0. The van der Waals surface area contributed by atoms with E-state index in [1.807, 2.05) is 0 Å². The van der Waals surface area contributed by atoms with Gasteiger partial charge in [0.05, 0.1) is 5.92 Å². The Hall–Kier alpha value is -0.570. The molecule has 0 radical (unpaired) electrons. The lowest BCUT2D eigenvalue weighted by Gasteiger charge is -2.07. The SMILES string of the molecule is CC(N)C(C)C(=O)O. The summed E-state index contributed by atoms with van der Waals surface area (Å²) in [7, 11) is 0. The fourth-order valence-electron chi connectivity index (χ4n) is 0.225. The number of hydrogen-bond acceptors (Lipinski definition) is 2. The molecule has 48 valence electrons. The van der Waals surface area contributed by atoms with Crippen LogP contribution in [0, 0.1) is 5.92 Å². The molecule has 0 saturated heterocycles. The van der Waals surface area contributed by atoms with Gasteiger partial charge in [-0.1, -0.05) is 6.92 Å². The van der Waals surface area contributed by atoms with Crippen molar-refractivity contribution in [1.82, 2.24) is 0 Å². The Bertz CT molecular complexity index is 90.4. The molecule has 3 heteroatoms. The van der Waals surface area contributed by atoms with Gasteiger partial charge >= 0.3 is 5.97 Å². The van der Waals surface area contributed by atoms with Crippen molar-refractivity contribution in [3.05, 3.63) is 0 Å². The van der Waals surface area contributed by atoms with Gasteiger partial charge in [0.2, 0.25) is 0 Å². The Labute approximate surface area is 48.5 Å². The zero-order chi connectivity index (χ0) is 6.73. The summed E-state index contributed by atoms with van der Waals surface area (Å²) in [5.41, 5.74) is 5.26. The smallest absolute Gasteiger partial charge is 0.307 e. The molecule has 0 fully saturated rings. The molecule has 8 heavy (non-hydrogen) atoms. The van der Waals surface area contributed by atoms with E-state index < -0.39 is 11.9 Å². The lowest BCUT2D eigenvalue weighted by molar-refractivity contribution is -0.141. The van der Waals surface area contributed by atoms with Crippen LogP contribution in [0.25, 0.3) is 0 Å². The molecule has 0 aromatic carbocycles. The van der Waals surface area contributed by atoms with Crippen molar-refractivity contribution in [2.45, 2.75) is 19.9 Å². The molecule has 0 amide bonds. The van der Waals surface area contributed by atoms with Crippen molar-refractivity contribution in [1.29, 1.82) is 0 Å². The highest BCUT2D eigenvalue weighted by Gasteiger charge is 2.14. The first-order chi connectivity index (χ1) is 3.55. The molecule has 0 rings (SSSR count). The van der Waals surface area contributed by atoms with E-state index in [-0.39, 0.29) is 6.04 Å². The monoisotopic (exact) mass is 117 g/mol. The van der Waals surface area contributed by atoms with Gasteiger partial charge in [0.1, 0.15) is 0 Å². The van der Waals surface area contributed by atoms with E-state index in [9.17, 15) is 4.79 Å². The molecule has 0 aromatic rings. The van der Waals surface area contributed by atoms with Gasteiger partial charge in [0, 0.05) is 6.04 Å². The molecule has 3 nitrogen and oxygen atoms in total. The highest BCUT2D eigenvalue weighted by atomic mass is 16.4. The first kappa shape index (κ1) is 7.43. The van der Waals surface area contributed by atoms with Gasteiger partial charge in [-0.15, -0.1) is 0 Å². The quantitative estimate of drug-likeness (QED) is 0.537. The van der Waals surface area contributed by atoms with Crippen molar-refractivity contribution in [2.24, 2.45) is 11.7 Å². The Balaban J connectivity index is 3.64. The molecule has 0 heterocycles. The topological polar surface area (TPSA) is 63.3 Å². The van der Waals surface area contributed by atoms with Crippen LogP contribution in [-0.2, 0) is 4.79 Å². The molecular weight excluding hydrogens is 106 g/mol.